The average molecular weight is 579 g/mol. The lowest BCUT2D eigenvalue weighted by Gasteiger charge is -2.33. The van der Waals surface area contributed by atoms with E-state index in [4.69, 9.17) is 10.7 Å². The van der Waals surface area contributed by atoms with E-state index in [1.165, 1.54) is 6.92 Å². The van der Waals surface area contributed by atoms with Gasteiger partial charge in [0.05, 0.1) is 17.5 Å². The number of anilines is 1. The van der Waals surface area contributed by atoms with Gasteiger partial charge >= 0.3 is 0 Å². The van der Waals surface area contributed by atoms with Crippen molar-refractivity contribution >= 4 is 34.4 Å². The Balaban J connectivity index is 1.07. The normalized spacial score (nSPS) is 17.0. The van der Waals surface area contributed by atoms with E-state index in [1.54, 1.807) is 0 Å². The van der Waals surface area contributed by atoms with Gasteiger partial charge in [0.15, 0.2) is 0 Å². The zero-order valence-electron chi connectivity index (χ0n) is 24.5. The minimum Gasteiger partial charge on any atom is -0.355 e. The number of amides is 3. The molecule has 4 N–H and O–H groups in total. The number of fused-ring (bicyclic) bond motifs is 2. The van der Waals surface area contributed by atoms with E-state index < -0.39 is 0 Å². The summed E-state index contributed by atoms with van der Waals surface area (Å²) in [6.45, 7) is 4.03. The Kier molecular flexibility index (Phi) is 8.24. The molecule has 222 valence electrons. The van der Waals surface area contributed by atoms with Crippen molar-refractivity contribution in [2.75, 3.05) is 25.0 Å². The second-order valence-corrected chi connectivity index (χ2v) is 11.7. The lowest BCUT2D eigenvalue weighted by Crippen LogP contribution is -2.42. The minimum atomic E-state index is -0.280. The van der Waals surface area contributed by atoms with Crippen molar-refractivity contribution in [1.82, 2.24) is 19.8 Å². The van der Waals surface area contributed by atoms with Gasteiger partial charge in [0.2, 0.25) is 17.7 Å². The van der Waals surface area contributed by atoms with Gasteiger partial charge in [0.25, 0.3) is 0 Å². The molecule has 9 heteroatoms. The Labute approximate surface area is 251 Å². The number of likely N-dealkylation sites (tertiary alicyclic amines) is 1. The molecule has 2 aliphatic heterocycles. The zero-order chi connectivity index (χ0) is 29.9. The predicted molar refractivity (Wildman–Crippen MR) is 167 cm³/mol. The number of nitrogens with two attached hydrogens (primary N) is 1. The molecule has 3 amide bonds. The summed E-state index contributed by atoms with van der Waals surface area (Å²) in [5, 5.41) is 5.76. The highest BCUT2D eigenvalue weighted by molar-refractivity contribution is 5.99. The Morgan fingerprint density at radius 1 is 1.09 bits per heavy atom. The van der Waals surface area contributed by atoms with E-state index in [0.717, 1.165) is 64.2 Å². The monoisotopic (exact) mass is 578 g/mol. The van der Waals surface area contributed by atoms with Crippen LogP contribution in [-0.2, 0) is 33.8 Å². The number of carbonyl (C=O) groups excluding carboxylic acids is 3. The maximum absolute atomic E-state index is 13.4. The van der Waals surface area contributed by atoms with Crippen LogP contribution in [0.1, 0.15) is 49.1 Å². The molecule has 0 unspecified atom stereocenters. The smallest absolute Gasteiger partial charge is 0.228 e. The van der Waals surface area contributed by atoms with Crippen LogP contribution >= 0.6 is 0 Å². The van der Waals surface area contributed by atoms with Crippen LogP contribution in [0.25, 0.3) is 22.2 Å². The number of carbonyl (C=O) groups is 3. The molecule has 0 radical (unpaired) electrons. The molecule has 0 aliphatic carbocycles. The number of nitrogens with one attached hydrogen (secondary N) is 2. The molecule has 3 aromatic carbocycles. The highest BCUT2D eigenvalue weighted by Crippen LogP contribution is 2.31. The van der Waals surface area contributed by atoms with Crippen molar-refractivity contribution < 1.29 is 14.4 Å². The van der Waals surface area contributed by atoms with Gasteiger partial charge in [-0.3, -0.25) is 14.4 Å². The summed E-state index contributed by atoms with van der Waals surface area (Å²) in [4.78, 5) is 43.4. The first-order chi connectivity index (χ1) is 20.8. The molecular weight excluding hydrogens is 540 g/mol. The lowest BCUT2D eigenvalue weighted by molar-refractivity contribution is -0.132. The third kappa shape index (κ3) is 6.46. The predicted octanol–water partition coefficient (Wildman–Crippen LogP) is 4.00. The zero-order valence-corrected chi connectivity index (χ0v) is 24.5. The van der Waals surface area contributed by atoms with E-state index in [-0.39, 0.29) is 29.7 Å². The fourth-order valence-electron chi connectivity index (χ4n) is 6.37. The highest BCUT2D eigenvalue weighted by atomic mass is 16.2. The summed E-state index contributed by atoms with van der Waals surface area (Å²) < 4.78 is 2.19. The largest absolute Gasteiger partial charge is 0.355 e. The van der Waals surface area contributed by atoms with E-state index in [2.05, 4.69) is 51.6 Å². The molecule has 0 saturated carbocycles. The van der Waals surface area contributed by atoms with Crippen LogP contribution in [0.3, 0.4) is 0 Å². The molecule has 1 saturated heterocycles. The van der Waals surface area contributed by atoms with E-state index in [1.807, 2.05) is 35.2 Å². The molecule has 9 nitrogen and oxygen atoms in total. The minimum absolute atomic E-state index is 0.0321. The van der Waals surface area contributed by atoms with Crippen LogP contribution < -0.4 is 16.4 Å². The third-order valence-corrected chi connectivity index (χ3v) is 8.48. The second-order valence-electron chi connectivity index (χ2n) is 11.7. The fraction of sp³-hybridized carbons (Fsp3) is 0.353. The number of aromatic nitrogens is 2. The number of hydrogen-bond acceptors (Lipinski definition) is 5. The summed E-state index contributed by atoms with van der Waals surface area (Å²) in [5.74, 6) is 1.16. The van der Waals surface area contributed by atoms with Crippen molar-refractivity contribution in [2.24, 2.45) is 5.73 Å². The summed E-state index contributed by atoms with van der Waals surface area (Å²) >= 11 is 0. The maximum atomic E-state index is 13.4. The van der Waals surface area contributed by atoms with Crippen molar-refractivity contribution in [1.29, 1.82) is 0 Å². The number of nitrogens with zero attached hydrogens (tertiary/aromatic N) is 3. The number of piperidine rings is 1. The first-order valence-electron chi connectivity index (χ1n) is 15.1. The first kappa shape index (κ1) is 28.6. The quantitative estimate of drug-likeness (QED) is 0.277. The second kappa shape index (κ2) is 12.4. The van der Waals surface area contributed by atoms with Gasteiger partial charge in [-0.1, -0.05) is 42.5 Å². The summed E-state index contributed by atoms with van der Waals surface area (Å²) in [7, 11) is 0. The van der Waals surface area contributed by atoms with Gasteiger partial charge in [-0.2, -0.15) is 0 Å². The van der Waals surface area contributed by atoms with Crippen molar-refractivity contribution in [3.63, 3.8) is 0 Å². The average Bonchev–Trinajstić information content (AvgIpc) is 3.56. The number of hydrogen-bond donors (Lipinski definition) is 3. The van der Waals surface area contributed by atoms with E-state index in [0.29, 0.717) is 38.9 Å². The van der Waals surface area contributed by atoms with Crippen molar-refractivity contribution in [2.45, 2.75) is 57.5 Å². The summed E-state index contributed by atoms with van der Waals surface area (Å²) in [6, 6.07) is 22.1. The molecule has 2 atom stereocenters. The number of imidazole rings is 1. The van der Waals surface area contributed by atoms with Gasteiger partial charge in [-0.25, -0.2) is 4.98 Å². The number of rotatable bonds is 9. The standard InChI is InChI=1S/C34H38N6O3/c1-22(41)36-14-16-40-31-7-3-2-6-30(31)38-34(40)26-5-4-15-39(21-26)33(43)20-28(35)17-23-8-10-24(11-9-23)25-12-13-29-27(18-25)19-32(42)37-29/h2-3,6-13,18,26,28H,4-5,14-17,19-21,35H2,1H3,(H,36,41)(H,37,42)/t26-,28-/m1/s1. The molecule has 1 aromatic heterocycles. The SMILES string of the molecule is CC(=O)NCCn1c([C@@H]2CCCN(C(=O)C[C@H](N)Cc3ccc(-c4ccc5c(c4)CC(=O)N5)cc3)C2)nc2ccccc21. The molecular formula is C34H38N6O3. The van der Waals surface area contributed by atoms with Crippen LogP contribution in [0, 0.1) is 0 Å². The van der Waals surface area contributed by atoms with Crippen LogP contribution in [0.5, 0.6) is 0 Å². The molecule has 6 rings (SSSR count). The van der Waals surface area contributed by atoms with Gasteiger partial charge in [0.1, 0.15) is 5.82 Å². The highest BCUT2D eigenvalue weighted by Gasteiger charge is 2.29. The lowest BCUT2D eigenvalue weighted by atomic mass is 9.95. The maximum Gasteiger partial charge on any atom is 0.228 e. The fourth-order valence-corrected chi connectivity index (χ4v) is 6.37. The van der Waals surface area contributed by atoms with Crippen molar-refractivity contribution in [3.05, 3.63) is 83.7 Å². The molecule has 0 bridgehead atoms. The Morgan fingerprint density at radius 2 is 1.88 bits per heavy atom. The van der Waals surface area contributed by atoms with Crippen LogP contribution in [0.4, 0.5) is 5.69 Å². The number of benzene rings is 3. The van der Waals surface area contributed by atoms with Crippen molar-refractivity contribution in [3.8, 4) is 11.1 Å². The molecule has 4 aromatic rings. The van der Waals surface area contributed by atoms with Crippen LogP contribution in [0.2, 0.25) is 0 Å². The van der Waals surface area contributed by atoms with Crippen LogP contribution in [-0.4, -0.2) is 57.8 Å². The van der Waals surface area contributed by atoms with Crippen LogP contribution in [0.15, 0.2) is 66.7 Å². The number of para-hydroxylation sites is 2. The van der Waals surface area contributed by atoms with E-state index in [9.17, 15) is 14.4 Å². The Morgan fingerprint density at radius 3 is 2.70 bits per heavy atom. The Bertz CT molecular complexity index is 1660. The molecule has 43 heavy (non-hydrogen) atoms. The van der Waals surface area contributed by atoms with Gasteiger partial charge in [0, 0.05) is 57.2 Å². The van der Waals surface area contributed by atoms with Gasteiger partial charge < -0.3 is 25.8 Å². The van der Waals surface area contributed by atoms with Gasteiger partial charge in [-0.05, 0) is 65.8 Å². The third-order valence-electron chi connectivity index (χ3n) is 8.48. The molecule has 2 aliphatic rings. The first-order valence-corrected chi connectivity index (χ1v) is 15.1. The molecule has 3 heterocycles. The van der Waals surface area contributed by atoms with E-state index >= 15 is 0 Å². The van der Waals surface area contributed by atoms with Gasteiger partial charge in [-0.15, -0.1) is 0 Å². The topological polar surface area (TPSA) is 122 Å². The molecule has 1 fully saturated rings. The summed E-state index contributed by atoms with van der Waals surface area (Å²) in [6.07, 6.45) is 3.20. The Hall–Kier alpha value is -4.50. The molecule has 0 spiro atoms. The summed E-state index contributed by atoms with van der Waals surface area (Å²) in [5.41, 5.74) is 13.6.